The van der Waals surface area contributed by atoms with Crippen molar-refractivity contribution in [3.8, 4) is 0 Å². The number of nitrogens with one attached hydrogen (secondary N) is 1. The van der Waals surface area contributed by atoms with Crippen molar-refractivity contribution in [3.63, 3.8) is 0 Å². The summed E-state index contributed by atoms with van der Waals surface area (Å²) in [5.74, 6) is 0. The molecule has 2 nitrogen and oxygen atoms in total. The minimum atomic E-state index is 0.936. The normalized spacial score (nSPS) is 11.7. The summed E-state index contributed by atoms with van der Waals surface area (Å²) in [6.45, 7) is 5.04. The van der Waals surface area contributed by atoms with Crippen molar-refractivity contribution < 1.29 is 0 Å². The van der Waals surface area contributed by atoms with E-state index in [1.54, 1.807) is 0 Å². The van der Waals surface area contributed by atoms with Gasteiger partial charge in [-0.3, -0.25) is 4.90 Å². The van der Waals surface area contributed by atoms with Crippen LogP contribution in [0.15, 0.2) is 91.1 Å². The predicted octanol–water partition coefficient (Wildman–Crippen LogP) is 6.23. The van der Waals surface area contributed by atoms with Gasteiger partial charge in [-0.1, -0.05) is 90.5 Å². The number of aromatic nitrogens is 1. The van der Waals surface area contributed by atoms with Crippen LogP contribution in [0, 0.1) is 6.92 Å². The lowest BCUT2D eigenvalue weighted by Crippen LogP contribution is -2.25. The topological polar surface area (TPSA) is 19.0 Å². The van der Waals surface area contributed by atoms with Gasteiger partial charge in [-0.2, -0.15) is 0 Å². The van der Waals surface area contributed by atoms with Crippen molar-refractivity contribution in [2.24, 2.45) is 0 Å². The molecule has 0 atom stereocenters. The average Bonchev–Trinajstić information content (AvgIpc) is 3.17. The van der Waals surface area contributed by atoms with E-state index < -0.39 is 0 Å². The Bertz CT molecular complexity index is 1060. The van der Waals surface area contributed by atoms with Crippen molar-refractivity contribution in [2.45, 2.75) is 19.9 Å². The quantitative estimate of drug-likeness (QED) is 0.384. The highest BCUT2D eigenvalue weighted by molar-refractivity contribution is 5.83. The highest BCUT2D eigenvalue weighted by Crippen LogP contribution is 2.19. The van der Waals surface area contributed by atoms with E-state index in [9.17, 15) is 0 Å². The van der Waals surface area contributed by atoms with Gasteiger partial charge in [0, 0.05) is 36.7 Å². The number of nitrogens with zero attached hydrogens (tertiary/aromatic N) is 1. The molecule has 0 unspecified atom stereocenters. The van der Waals surface area contributed by atoms with Crippen molar-refractivity contribution in [3.05, 3.63) is 113 Å². The molecule has 1 heterocycles. The second-order valence-electron chi connectivity index (χ2n) is 7.64. The Balaban J connectivity index is 1.44. The molecule has 0 saturated heterocycles. The Morgan fingerprint density at radius 2 is 1.62 bits per heavy atom. The SMILES string of the molecule is Cc1ccc(C=CCN(CCc2c[nH]c3ccccc23)Cc2ccccc2)cc1. The van der Waals surface area contributed by atoms with Gasteiger partial charge in [-0.15, -0.1) is 0 Å². The van der Waals surface area contributed by atoms with E-state index in [1.165, 1.54) is 33.2 Å². The van der Waals surface area contributed by atoms with Crippen LogP contribution in [0.2, 0.25) is 0 Å². The summed E-state index contributed by atoms with van der Waals surface area (Å²) in [5.41, 5.74) is 6.52. The molecule has 0 fully saturated rings. The van der Waals surface area contributed by atoms with Gasteiger partial charge in [0.15, 0.2) is 0 Å². The maximum Gasteiger partial charge on any atom is 0.0456 e. The van der Waals surface area contributed by atoms with Crippen LogP contribution in [0.1, 0.15) is 22.3 Å². The molecule has 29 heavy (non-hydrogen) atoms. The van der Waals surface area contributed by atoms with Crippen LogP contribution in [0.5, 0.6) is 0 Å². The monoisotopic (exact) mass is 380 g/mol. The molecule has 0 aliphatic heterocycles. The van der Waals surface area contributed by atoms with Crippen LogP contribution in [0.25, 0.3) is 17.0 Å². The van der Waals surface area contributed by atoms with Gasteiger partial charge in [-0.25, -0.2) is 0 Å². The Morgan fingerprint density at radius 1 is 0.862 bits per heavy atom. The Morgan fingerprint density at radius 3 is 2.45 bits per heavy atom. The molecule has 0 amide bonds. The maximum absolute atomic E-state index is 3.40. The van der Waals surface area contributed by atoms with E-state index in [0.29, 0.717) is 0 Å². The molecular formula is C27H28N2. The standard InChI is InChI=1S/C27H28N2/c1-22-13-15-23(16-14-22)10-7-18-29(21-24-8-3-2-4-9-24)19-17-25-20-28-27-12-6-5-11-26(25)27/h2-16,20,28H,17-19,21H2,1H3. The third kappa shape index (κ3) is 5.24. The molecule has 2 heteroatoms. The third-order valence-corrected chi connectivity index (χ3v) is 5.37. The van der Waals surface area contributed by atoms with Crippen LogP contribution in [0.3, 0.4) is 0 Å². The number of hydrogen-bond donors (Lipinski definition) is 1. The fourth-order valence-electron chi connectivity index (χ4n) is 3.71. The number of fused-ring (bicyclic) bond motifs is 1. The molecule has 0 aliphatic rings. The van der Waals surface area contributed by atoms with Crippen LogP contribution in [-0.2, 0) is 13.0 Å². The molecule has 1 aromatic heterocycles. The maximum atomic E-state index is 3.40. The van der Waals surface area contributed by atoms with E-state index in [1.807, 2.05) is 0 Å². The van der Waals surface area contributed by atoms with Crippen LogP contribution < -0.4 is 0 Å². The zero-order chi connectivity index (χ0) is 19.9. The van der Waals surface area contributed by atoms with Crippen molar-refractivity contribution >= 4 is 17.0 Å². The smallest absolute Gasteiger partial charge is 0.0456 e. The van der Waals surface area contributed by atoms with E-state index in [0.717, 1.165) is 26.1 Å². The average molecular weight is 381 g/mol. The highest BCUT2D eigenvalue weighted by atomic mass is 15.1. The molecule has 1 N–H and O–H groups in total. The Kier molecular flexibility index (Phi) is 6.23. The van der Waals surface area contributed by atoms with Crippen LogP contribution >= 0.6 is 0 Å². The fourth-order valence-corrected chi connectivity index (χ4v) is 3.71. The van der Waals surface area contributed by atoms with E-state index in [-0.39, 0.29) is 0 Å². The minimum absolute atomic E-state index is 0.936. The molecule has 0 spiro atoms. The fraction of sp³-hybridized carbons (Fsp3) is 0.185. The summed E-state index contributed by atoms with van der Waals surface area (Å²) in [5, 5.41) is 1.34. The predicted molar refractivity (Wildman–Crippen MR) is 124 cm³/mol. The number of rotatable bonds is 8. The summed E-state index contributed by atoms with van der Waals surface area (Å²) in [6, 6.07) is 28.0. The molecule has 0 bridgehead atoms. The first kappa shape index (κ1) is 19.2. The number of H-pyrrole nitrogens is 1. The largest absolute Gasteiger partial charge is 0.361 e. The highest BCUT2D eigenvalue weighted by Gasteiger charge is 2.08. The third-order valence-electron chi connectivity index (χ3n) is 5.37. The van der Waals surface area contributed by atoms with Crippen LogP contribution in [-0.4, -0.2) is 23.0 Å². The van der Waals surface area contributed by atoms with Gasteiger partial charge in [0.25, 0.3) is 0 Å². The van der Waals surface area contributed by atoms with Gasteiger partial charge < -0.3 is 4.98 Å². The Hall–Kier alpha value is -3.10. The van der Waals surface area contributed by atoms with Gasteiger partial charge in [0.05, 0.1) is 0 Å². The molecule has 0 saturated carbocycles. The molecule has 4 aromatic rings. The zero-order valence-electron chi connectivity index (χ0n) is 17.0. The molecule has 0 radical (unpaired) electrons. The lowest BCUT2D eigenvalue weighted by atomic mass is 10.1. The number of aromatic amines is 1. The van der Waals surface area contributed by atoms with Crippen LogP contribution in [0.4, 0.5) is 0 Å². The second kappa shape index (κ2) is 9.40. The van der Waals surface area contributed by atoms with Gasteiger partial charge in [-0.05, 0) is 36.1 Å². The number of aryl methyl sites for hydroxylation is 1. The van der Waals surface area contributed by atoms with E-state index in [2.05, 4.69) is 114 Å². The zero-order valence-corrected chi connectivity index (χ0v) is 17.0. The molecule has 146 valence electrons. The first-order chi connectivity index (χ1) is 14.3. The summed E-state index contributed by atoms with van der Waals surface area (Å²) in [6.07, 6.45) is 7.70. The van der Waals surface area contributed by atoms with E-state index >= 15 is 0 Å². The number of para-hydroxylation sites is 1. The lowest BCUT2D eigenvalue weighted by Gasteiger charge is -2.21. The number of hydrogen-bond acceptors (Lipinski definition) is 1. The molecule has 4 rings (SSSR count). The van der Waals surface area contributed by atoms with Crippen molar-refractivity contribution in [1.29, 1.82) is 0 Å². The first-order valence-electron chi connectivity index (χ1n) is 10.3. The summed E-state index contributed by atoms with van der Waals surface area (Å²) >= 11 is 0. The lowest BCUT2D eigenvalue weighted by molar-refractivity contribution is 0.299. The Labute approximate surface area is 173 Å². The minimum Gasteiger partial charge on any atom is -0.361 e. The number of benzene rings is 3. The van der Waals surface area contributed by atoms with Gasteiger partial charge in [0.2, 0.25) is 0 Å². The summed E-state index contributed by atoms with van der Waals surface area (Å²) < 4.78 is 0. The van der Waals surface area contributed by atoms with Crippen molar-refractivity contribution in [1.82, 2.24) is 9.88 Å². The second-order valence-corrected chi connectivity index (χ2v) is 7.64. The van der Waals surface area contributed by atoms with E-state index in [4.69, 9.17) is 0 Å². The molecule has 3 aromatic carbocycles. The molecular weight excluding hydrogens is 352 g/mol. The first-order valence-corrected chi connectivity index (χ1v) is 10.3. The van der Waals surface area contributed by atoms with Gasteiger partial charge in [0.1, 0.15) is 0 Å². The summed E-state index contributed by atoms with van der Waals surface area (Å²) in [7, 11) is 0. The van der Waals surface area contributed by atoms with Crippen molar-refractivity contribution in [2.75, 3.05) is 13.1 Å². The van der Waals surface area contributed by atoms with Gasteiger partial charge >= 0.3 is 0 Å². The summed E-state index contributed by atoms with van der Waals surface area (Å²) in [4.78, 5) is 5.91. The molecule has 0 aliphatic carbocycles.